The highest BCUT2D eigenvalue weighted by molar-refractivity contribution is 6.24. The van der Waals surface area contributed by atoms with Crippen LogP contribution in [0.25, 0.3) is 24.3 Å². The number of carbonyl (C=O) groups excluding carboxylic acids is 4. The van der Waals surface area contributed by atoms with Crippen LogP contribution >= 0.6 is 0 Å². The van der Waals surface area contributed by atoms with E-state index in [-0.39, 0.29) is 17.9 Å². The van der Waals surface area contributed by atoms with E-state index in [1.54, 1.807) is 12.2 Å². The summed E-state index contributed by atoms with van der Waals surface area (Å²) in [5.41, 5.74) is 11.5. The SMILES string of the molecule is CCN(CC)C(=O)CCC1=C(C)C2=NC1=CC1=NC(Cc3[nH]c(c(/C=C/C(=O)OC)c3C)/C=c3\[nH]/c(c(/C=C/C(=O)OC)c3C)=C\2)C(C)=C1CCC(=O)N(CC)CC. The van der Waals surface area contributed by atoms with Gasteiger partial charge in [0.1, 0.15) is 0 Å². The van der Waals surface area contributed by atoms with Crippen LogP contribution in [0.4, 0.5) is 0 Å². The Bertz CT molecular complexity index is 2320. The molecule has 5 rings (SSSR count). The quantitative estimate of drug-likeness (QED) is 0.188. The van der Waals surface area contributed by atoms with Crippen molar-refractivity contribution in [3.8, 4) is 0 Å². The molecule has 3 aliphatic heterocycles. The molecule has 2 N–H and O–H groups in total. The minimum atomic E-state index is -0.483. The Balaban J connectivity index is 1.78. The van der Waals surface area contributed by atoms with Crippen LogP contribution in [0.2, 0.25) is 0 Å². The molecule has 2 aromatic rings. The number of aliphatic imine (C=N–C) groups is 2. The number of H-pyrrole nitrogens is 2. The maximum atomic E-state index is 13.3. The van der Waals surface area contributed by atoms with Crippen molar-refractivity contribution in [2.75, 3.05) is 40.4 Å². The van der Waals surface area contributed by atoms with Gasteiger partial charge < -0.3 is 29.2 Å². The van der Waals surface area contributed by atoms with Crippen molar-refractivity contribution in [1.82, 2.24) is 19.8 Å². The summed E-state index contributed by atoms with van der Waals surface area (Å²) >= 11 is 0. The maximum Gasteiger partial charge on any atom is 0.330 e. The third-order valence-electron chi connectivity index (χ3n) is 11.6. The van der Waals surface area contributed by atoms with E-state index in [9.17, 15) is 19.2 Å². The summed E-state index contributed by atoms with van der Waals surface area (Å²) in [6.45, 7) is 18.7. The zero-order valence-corrected chi connectivity index (χ0v) is 35.7. The van der Waals surface area contributed by atoms with E-state index in [1.165, 1.54) is 26.4 Å². The van der Waals surface area contributed by atoms with Gasteiger partial charge in [0.25, 0.3) is 0 Å². The van der Waals surface area contributed by atoms with Crippen LogP contribution in [-0.4, -0.2) is 101 Å². The summed E-state index contributed by atoms with van der Waals surface area (Å²) in [4.78, 5) is 72.7. The number of fused-ring (bicyclic) bond motifs is 6. The second-order valence-electron chi connectivity index (χ2n) is 14.7. The minimum Gasteiger partial charge on any atom is -0.466 e. The van der Waals surface area contributed by atoms with Crippen molar-refractivity contribution in [2.45, 2.75) is 93.5 Å². The molecule has 12 nitrogen and oxygen atoms in total. The Hall–Kier alpha value is -5.78. The van der Waals surface area contributed by atoms with Gasteiger partial charge in [0.15, 0.2) is 0 Å². The number of nitrogens with zero attached hydrogens (tertiary/aromatic N) is 4. The summed E-state index contributed by atoms with van der Waals surface area (Å²) < 4.78 is 9.85. The molecule has 0 saturated carbocycles. The lowest BCUT2D eigenvalue weighted by atomic mass is 9.94. The lowest BCUT2D eigenvalue weighted by molar-refractivity contribution is -0.135. The predicted octanol–water partition coefficient (Wildman–Crippen LogP) is 5.59. The fourth-order valence-electron chi connectivity index (χ4n) is 7.92. The van der Waals surface area contributed by atoms with Crippen LogP contribution < -0.4 is 10.7 Å². The molecular formula is C46H58N6O6. The molecule has 0 saturated heterocycles. The third kappa shape index (κ3) is 9.33. The molecule has 12 heteroatoms. The summed E-state index contributed by atoms with van der Waals surface area (Å²) in [6, 6.07) is -0.218. The van der Waals surface area contributed by atoms with E-state index in [0.29, 0.717) is 58.3 Å². The highest BCUT2D eigenvalue weighted by Gasteiger charge is 2.29. The van der Waals surface area contributed by atoms with Gasteiger partial charge in [-0.3, -0.25) is 14.6 Å². The van der Waals surface area contributed by atoms with Gasteiger partial charge in [-0.1, -0.05) is 0 Å². The van der Waals surface area contributed by atoms with Crippen molar-refractivity contribution >= 4 is 59.5 Å². The first-order valence-corrected chi connectivity index (χ1v) is 20.3. The van der Waals surface area contributed by atoms with Gasteiger partial charge in [0, 0.05) is 90.8 Å². The van der Waals surface area contributed by atoms with E-state index in [0.717, 1.165) is 83.8 Å². The molecule has 2 aromatic heterocycles. The molecule has 0 radical (unpaired) electrons. The molecule has 0 aromatic carbocycles. The van der Waals surface area contributed by atoms with Crippen LogP contribution in [0.1, 0.15) is 101 Å². The number of allylic oxidation sites excluding steroid dienone is 4. The number of hydrogen-bond donors (Lipinski definition) is 2. The molecule has 0 aliphatic carbocycles. The number of carbonyl (C=O) groups is 4. The lowest BCUT2D eigenvalue weighted by Crippen LogP contribution is -2.30. The normalized spacial score (nSPS) is 17.5. The Kier molecular flexibility index (Phi) is 14.3. The zero-order valence-electron chi connectivity index (χ0n) is 35.7. The summed E-state index contributed by atoms with van der Waals surface area (Å²) in [6.07, 6.45) is 14.6. The first kappa shape index (κ1) is 43.3. The fourth-order valence-corrected chi connectivity index (χ4v) is 7.92. The van der Waals surface area contributed by atoms with Crippen LogP contribution in [-0.2, 0) is 35.1 Å². The predicted molar refractivity (Wildman–Crippen MR) is 231 cm³/mol. The molecule has 5 heterocycles. The summed E-state index contributed by atoms with van der Waals surface area (Å²) in [5, 5.41) is 1.52. The number of amides is 2. The van der Waals surface area contributed by atoms with Crippen molar-refractivity contribution < 1.29 is 28.7 Å². The molecule has 0 spiro atoms. The molecule has 0 fully saturated rings. The van der Waals surface area contributed by atoms with E-state index >= 15 is 0 Å². The topological polar surface area (TPSA) is 150 Å². The summed E-state index contributed by atoms with van der Waals surface area (Å²) in [5.74, 6) is -0.766. The van der Waals surface area contributed by atoms with Gasteiger partial charge in [0.2, 0.25) is 11.8 Å². The molecule has 8 bridgehead atoms. The van der Waals surface area contributed by atoms with E-state index < -0.39 is 11.9 Å². The lowest BCUT2D eigenvalue weighted by Gasteiger charge is -2.19. The number of aromatic amines is 2. The van der Waals surface area contributed by atoms with Crippen LogP contribution in [0.15, 0.2) is 56.2 Å². The number of ether oxygens (including phenoxy) is 2. The maximum absolute atomic E-state index is 13.3. The van der Waals surface area contributed by atoms with Crippen molar-refractivity contribution in [1.29, 1.82) is 0 Å². The van der Waals surface area contributed by atoms with E-state index in [1.807, 2.05) is 76.5 Å². The van der Waals surface area contributed by atoms with Gasteiger partial charge in [-0.05, 0) is 132 Å². The van der Waals surface area contributed by atoms with E-state index in [4.69, 9.17) is 19.5 Å². The first-order valence-electron chi connectivity index (χ1n) is 20.3. The minimum absolute atomic E-state index is 0.0850. The van der Waals surface area contributed by atoms with Gasteiger partial charge in [0.05, 0.1) is 37.4 Å². The molecule has 2 amide bonds. The number of esters is 2. The zero-order chi connectivity index (χ0) is 42.3. The highest BCUT2D eigenvalue weighted by Crippen LogP contribution is 2.35. The van der Waals surface area contributed by atoms with E-state index in [2.05, 4.69) is 16.9 Å². The molecule has 58 heavy (non-hydrogen) atoms. The second-order valence-corrected chi connectivity index (χ2v) is 14.7. The van der Waals surface area contributed by atoms with Gasteiger partial charge in [-0.2, -0.15) is 0 Å². The number of methoxy groups -OCH3 is 2. The Morgan fingerprint density at radius 3 is 1.86 bits per heavy atom. The average Bonchev–Trinajstić information content (AvgIpc) is 3.87. The van der Waals surface area contributed by atoms with Crippen LogP contribution in [0.5, 0.6) is 0 Å². The Morgan fingerprint density at radius 1 is 0.724 bits per heavy atom. The number of rotatable bonds is 14. The summed E-state index contributed by atoms with van der Waals surface area (Å²) in [7, 11) is 2.69. The Labute approximate surface area is 341 Å². The molecule has 1 atom stereocenters. The number of nitrogens with one attached hydrogen (secondary N) is 2. The number of hydrogen-bond acceptors (Lipinski definition) is 8. The third-order valence-corrected chi connectivity index (χ3v) is 11.6. The van der Waals surface area contributed by atoms with Crippen molar-refractivity contribution in [3.05, 3.63) is 90.6 Å². The van der Waals surface area contributed by atoms with Crippen molar-refractivity contribution in [3.63, 3.8) is 0 Å². The number of aromatic nitrogens is 2. The first-order chi connectivity index (χ1) is 27.8. The molecule has 308 valence electrons. The smallest absolute Gasteiger partial charge is 0.330 e. The van der Waals surface area contributed by atoms with Crippen LogP contribution in [0.3, 0.4) is 0 Å². The van der Waals surface area contributed by atoms with Gasteiger partial charge in [-0.15, -0.1) is 0 Å². The van der Waals surface area contributed by atoms with Crippen molar-refractivity contribution in [2.24, 2.45) is 9.98 Å². The standard InChI is InChI=1S/C46H58N6O6/c1-11-51(12-2)43(53)19-15-31-27(5)35-23-36-29(7)33(17-21-45(55)57-9)39(47-36)25-38-30(8)34(18-22-46(56)58-10)40(49-38)24-37-28(6)32(42(50-37)26-41(31)48-35)16-20-44(54)52(13-3)14-4/h17-18,21-22,24-26,35,47,49H,11-16,19-20,23H2,1-10H3/b21-17+,22-18+,38-25-,40-24-,42-26?. The van der Waals surface area contributed by atoms with Crippen LogP contribution in [0, 0.1) is 13.8 Å². The largest absolute Gasteiger partial charge is 0.466 e. The fraction of sp³-hybridized carbons (Fsp3) is 0.435. The second kappa shape index (κ2) is 19.1. The van der Waals surface area contributed by atoms with Gasteiger partial charge >= 0.3 is 11.9 Å². The average molecular weight is 791 g/mol. The monoisotopic (exact) mass is 790 g/mol. The Morgan fingerprint density at radius 2 is 1.29 bits per heavy atom. The van der Waals surface area contributed by atoms with Gasteiger partial charge in [-0.25, -0.2) is 14.6 Å². The highest BCUT2D eigenvalue weighted by atomic mass is 16.5. The molecular weight excluding hydrogens is 733 g/mol. The molecule has 3 aliphatic rings. The molecule has 1 unspecified atom stereocenters.